The van der Waals surface area contributed by atoms with Crippen molar-refractivity contribution in [2.45, 2.75) is 33.1 Å². The van der Waals surface area contributed by atoms with Gasteiger partial charge in [-0.25, -0.2) is 0 Å². The Kier molecular flexibility index (Phi) is 7.45. The highest BCUT2D eigenvalue weighted by Gasteiger charge is 2.09. The van der Waals surface area contributed by atoms with Gasteiger partial charge in [-0.1, -0.05) is 44.0 Å². The first-order chi connectivity index (χ1) is 12.6. The van der Waals surface area contributed by atoms with Crippen LogP contribution >= 0.6 is 0 Å². The molecule has 2 aromatic carbocycles. The molecular weight excluding hydrogens is 324 g/mol. The summed E-state index contributed by atoms with van der Waals surface area (Å²) >= 11 is 0. The van der Waals surface area contributed by atoms with Gasteiger partial charge in [-0.3, -0.25) is 4.79 Å². The Morgan fingerprint density at radius 3 is 2.62 bits per heavy atom. The van der Waals surface area contributed by atoms with Crippen LogP contribution in [0.25, 0.3) is 6.08 Å². The van der Waals surface area contributed by atoms with Crippen LogP contribution in [0.3, 0.4) is 0 Å². The molecule has 0 aliphatic heterocycles. The van der Waals surface area contributed by atoms with Crippen LogP contribution in [0.1, 0.15) is 37.3 Å². The molecule has 0 aliphatic rings. The number of carbonyl (C=O) groups excluding carboxylic acids is 1. The van der Waals surface area contributed by atoms with Crippen molar-refractivity contribution in [3.05, 3.63) is 65.2 Å². The number of hydrogen-bond donors (Lipinski definition) is 1. The van der Waals surface area contributed by atoms with Crippen molar-refractivity contribution in [1.29, 1.82) is 5.26 Å². The average Bonchev–Trinajstić information content (AvgIpc) is 2.64. The zero-order valence-electron chi connectivity index (χ0n) is 15.3. The van der Waals surface area contributed by atoms with Crippen molar-refractivity contribution < 1.29 is 9.53 Å². The zero-order chi connectivity index (χ0) is 18.8. The monoisotopic (exact) mass is 348 g/mol. The summed E-state index contributed by atoms with van der Waals surface area (Å²) in [6, 6.07) is 16.8. The molecule has 0 atom stereocenters. The third-order valence-corrected chi connectivity index (χ3v) is 3.85. The molecular formula is C22H24N2O2. The summed E-state index contributed by atoms with van der Waals surface area (Å²) < 4.78 is 5.67. The Labute approximate surface area is 155 Å². The van der Waals surface area contributed by atoms with E-state index in [9.17, 15) is 10.1 Å². The van der Waals surface area contributed by atoms with Crippen LogP contribution in [0.2, 0.25) is 0 Å². The average molecular weight is 348 g/mol. The normalized spacial score (nSPS) is 10.9. The fourth-order valence-corrected chi connectivity index (χ4v) is 2.44. The second-order valence-electron chi connectivity index (χ2n) is 6.12. The van der Waals surface area contributed by atoms with Crippen molar-refractivity contribution in [2.24, 2.45) is 0 Å². The molecule has 134 valence electrons. The number of unbranched alkanes of at least 4 members (excludes halogenated alkanes) is 2. The van der Waals surface area contributed by atoms with Crippen molar-refractivity contribution in [3.8, 4) is 11.8 Å². The predicted molar refractivity (Wildman–Crippen MR) is 105 cm³/mol. The van der Waals surface area contributed by atoms with Crippen LogP contribution in [-0.2, 0) is 4.79 Å². The SMILES string of the molecule is CCCCCOc1ccc(/C=C(\C#N)C(=O)Nc2cccc(C)c2)cc1. The Morgan fingerprint density at radius 1 is 1.19 bits per heavy atom. The van der Waals surface area contributed by atoms with Crippen LogP contribution in [0, 0.1) is 18.3 Å². The van der Waals surface area contributed by atoms with E-state index in [0.717, 1.165) is 36.1 Å². The molecule has 1 amide bonds. The van der Waals surface area contributed by atoms with Gasteiger partial charge in [0.2, 0.25) is 0 Å². The lowest BCUT2D eigenvalue weighted by atomic mass is 10.1. The van der Waals surface area contributed by atoms with Crippen molar-refractivity contribution in [2.75, 3.05) is 11.9 Å². The molecule has 2 rings (SSSR count). The van der Waals surface area contributed by atoms with Gasteiger partial charge in [0.05, 0.1) is 6.61 Å². The molecule has 26 heavy (non-hydrogen) atoms. The molecule has 0 bridgehead atoms. The van der Waals surface area contributed by atoms with Gasteiger partial charge in [-0.05, 0) is 54.8 Å². The summed E-state index contributed by atoms with van der Waals surface area (Å²) in [4.78, 5) is 12.3. The van der Waals surface area contributed by atoms with E-state index >= 15 is 0 Å². The first kappa shape index (κ1) is 19.3. The van der Waals surface area contributed by atoms with E-state index in [4.69, 9.17) is 4.74 Å². The summed E-state index contributed by atoms with van der Waals surface area (Å²) in [5.74, 6) is 0.374. The van der Waals surface area contributed by atoms with Gasteiger partial charge in [0.1, 0.15) is 17.4 Å². The number of rotatable bonds is 8. The van der Waals surface area contributed by atoms with E-state index in [-0.39, 0.29) is 5.57 Å². The van der Waals surface area contributed by atoms with Crippen molar-refractivity contribution in [1.82, 2.24) is 0 Å². The number of nitrogens with zero attached hydrogens (tertiary/aromatic N) is 1. The van der Waals surface area contributed by atoms with Gasteiger partial charge in [-0.2, -0.15) is 5.26 Å². The van der Waals surface area contributed by atoms with Crippen LogP contribution in [0.4, 0.5) is 5.69 Å². The summed E-state index contributed by atoms with van der Waals surface area (Å²) in [5, 5.41) is 12.1. The summed E-state index contributed by atoms with van der Waals surface area (Å²) in [5.41, 5.74) is 2.55. The van der Waals surface area contributed by atoms with Gasteiger partial charge < -0.3 is 10.1 Å². The molecule has 1 N–H and O–H groups in total. The highest BCUT2D eigenvalue weighted by Crippen LogP contribution is 2.16. The summed E-state index contributed by atoms with van der Waals surface area (Å²) in [6.07, 6.45) is 4.93. The number of nitriles is 1. The molecule has 0 saturated carbocycles. The van der Waals surface area contributed by atoms with E-state index in [2.05, 4.69) is 12.2 Å². The molecule has 0 unspecified atom stereocenters. The second kappa shape index (κ2) is 10.0. The lowest BCUT2D eigenvalue weighted by molar-refractivity contribution is -0.112. The van der Waals surface area contributed by atoms with Gasteiger partial charge in [0.15, 0.2) is 0 Å². The lowest BCUT2D eigenvalue weighted by Crippen LogP contribution is -2.13. The van der Waals surface area contributed by atoms with Crippen LogP contribution in [-0.4, -0.2) is 12.5 Å². The van der Waals surface area contributed by atoms with Gasteiger partial charge in [-0.15, -0.1) is 0 Å². The Hall–Kier alpha value is -3.06. The van der Waals surface area contributed by atoms with Gasteiger partial charge in [0.25, 0.3) is 5.91 Å². The number of carbonyl (C=O) groups is 1. The molecule has 0 aromatic heterocycles. The maximum absolute atomic E-state index is 12.3. The number of nitrogens with one attached hydrogen (secondary N) is 1. The highest BCUT2D eigenvalue weighted by atomic mass is 16.5. The minimum atomic E-state index is -0.419. The van der Waals surface area contributed by atoms with Gasteiger partial charge in [0, 0.05) is 5.69 Å². The second-order valence-corrected chi connectivity index (χ2v) is 6.12. The first-order valence-electron chi connectivity index (χ1n) is 8.85. The topological polar surface area (TPSA) is 62.1 Å². The molecule has 4 nitrogen and oxygen atoms in total. The van der Waals surface area contributed by atoms with E-state index in [1.165, 1.54) is 0 Å². The molecule has 0 aliphatic carbocycles. The third kappa shape index (κ3) is 6.10. The van der Waals surface area contributed by atoms with Crippen LogP contribution in [0.5, 0.6) is 5.75 Å². The predicted octanol–water partition coefficient (Wildman–Crippen LogP) is 5.11. The van der Waals surface area contributed by atoms with Crippen molar-refractivity contribution in [3.63, 3.8) is 0 Å². The number of anilines is 1. The third-order valence-electron chi connectivity index (χ3n) is 3.85. The molecule has 0 saturated heterocycles. The lowest BCUT2D eigenvalue weighted by Gasteiger charge is -2.07. The zero-order valence-corrected chi connectivity index (χ0v) is 15.3. The van der Waals surface area contributed by atoms with Crippen molar-refractivity contribution >= 4 is 17.7 Å². The molecule has 0 fully saturated rings. The van der Waals surface area contributed by atoms with Gasteiger partial charge >= 0.3 is 0 Å². The summed E-state index contributed by atoms with van der Waals surface area (Å²) in [7, 11) is 0. The van der Waals surface area contributed by atoms with E-state index < -0.39 is 5.91 Å². The minimum absolute atomic E-state index is 0.0584. The molecule has 0 heterocycles. The smallest absolute Gasteiger partial charge is 0.266 e. The van der Waals surface area contributed by atoms with Crippen LogP contribution < -0.4 is 10.1 Å². The number of ether oxygens (including phenoxy) is 1. The first-order valence-corrected chi connectivity index (χ1v) is 8.85. The molecule has 4 heteroatoms. The standard InChI is InChI=1S/C22H24N2O2/c1-3-4-5-13-26-21-11-9-18(10-12-21)15-19(16-23)22(25)24-20-8-6-7-17(2)14-20/h6-12,14-15H,3-5,13H2,1-2H3,(H,24,25)/b19-15+. The largest absolute Gasteiger partial charge is 0.494 e. The number of hydrogen-bond acceptors (Lipinski definition) is 3. The van der Waals surface area contributed by atoms with E-state index in [0.29, 0.717) is 12.3 Å². The fourth-order valence-electron chi connectivity index (χ4n) is 2.44. The molecule has 0 spiro atoms. The number of amides is 1. The van der Waals surface area contributed by atoms with Crippen LogP contribution in [0.15, 0.2) is 54.1 Å². The highest BCUT2D eigenvalue weighted by molar-refractivity contribution is 6.09. The minimum Gasteiger partial charge on any atom is -0.494 e. The molecule has 0 radical (unpaired) electrons. The maximum atomic E-state index is 12.3. The fraction of sp³-hybridized carbons (Fsp3) is 0.273. The Balaban J connectivity index is 2.01. The molecule has 2 aromatic rings. The quantitative estimate of drug-likeness (QED) is 0.410. The maximum Gasteiger partial charge on any atom is 0.266 e. The van der Waals surface area contributed by atoms with E-state index in [1.807, 2.05) is 55.5 Å². The number of benzene rings is 2. The Bertz CT molecular complexity index is 802. The Morgan fingerprint density at radius 2 is 1.96 bits per heavy atom. The number of aryl methyl sites for hydroxylation is 1. The summed E-state index contributed by atoms with van der Waals surface area (Å²) in [6.45, 7) is 4.80. The van der Waals surface area contributed by atoms with E-state index in [1.54, 1.807) is 12.1 Å².